The molecular weight excluding hydrogens is 338 g/mol. The Morgan fingerprint density at radius 1 is 1.11 bits per heavy atom. The zero-order valence-electron chi connectivity index (χ0n) is 16.0. The zero-order chi connectivity index (χ0) is 18.9. The number of urea groups is 1. The van der Waals surface area contributed by atoms with Crippen LogP contribution in [0.3, 0.4) is 0 Å². The van der Waals surface area contributed by atoms with Crippen LogP contribution >= 0.6 is 0 Å². The highest BCUT2D eigenvalue weighted by molar-refractivity contribution is 5.89. The lowest BCUT2D eigenvalue weighted by Gasteiger charge is -2.16. The van der Waals surface area contributed by atoms with Crippen molar-refractivity contribution in [3.05, 3.63) is 65.7 Å². The second-order valence-corrected chi connectivity index (χ2v) is 7.16. The summed E-state index contributed by atoms with van der Waals surface area (Å²) in [5, 5.41) is 5.89. The van der Waals surface area contributed by atoms with E-state index in [0.717, 1.165) is 50.3 Å². The van der Waals surface area contributed by atoms with E-state index in [9.17, 15) is 4.79 Å². The molecule has 144 valence electrons. The number of carbonyl (C=O) groups excluding carboxylic acids is 1. The third-order valence-electron chi connectivity index (χ3n) is 5.00. The van der Waals surface area contributed by atoms with E-state index in [0.29, 0.717) is 12.5 Å². The van der Waals surface area contributed by atoms with Gasteiger partial charge in [-0.3, -0.25) is 0 Å². The molecule has 1 aliphatic heterocycles. The fourth-order valence-electron chi connectivity index (χ4n) is 3.48. The molecule has 0 aliphatic carbocycles. The van der Waals surface area contributed by atoms with Crippen molar-refractivity contribution < 1.29 is 9.53 Å². The molecule has 27 heavy (non-hydrogen) atoms. The molecule has 2 aromatic rings. The summed E-state index contributed by atoms with van der Waals surface area (Å²) in [6.45, 7) is 4.55. The molecule has 0 unspecified atom stereocenters. The second-order valence-electron chi connectivity index (χ2n) is 7.16. The molecule has 2 amide bonds. The van der Waals surface area contributed by atoms with Gasteiger partial charge in [0.05, 0.1) is 6.61 Å². The number of hydrogen-bond acceptors (Lipinski definition) is 3. The van der Waals surface area contributed by atoms with Gasteiger partial charge in [-0.25, -0.2) is 4.79 Å². The maximum atomic E-state index is 12.1. The summed E-state index contributed by atoms with van der Waals surface area (Å²) in [4.78, 5) is 14.6. The molecule has 2 N–H and O–H groups in total. The molecule has 0 radical (unpaired) electrons. The molecule has 1 heterocycles. The van der Waals surface area contributed by atoms with Crippen LogP contribution < -0.4 is 10.6 Å². The summed E-state index contributed by atoms with van der Waals surface area (Å²) in [5.41, 5.74) is 3.27. The lowest BCUT2D eigenvalue weighted by Crippen LogP contribution is -2.34. The number of carbonyl (C=O) groups is 1. The molecule has 1 atom stereocenters. The fourth-order valence-corrected chi connectivity index (χ4v) is 3.48. The number of hydrogen-bond donors (Lipinski definition) is 2. The Morgan fingerprint density at radius 3 is 2.63 bits per heavy atom. The molecular formula is C22H29N3O2. The van der Waals surface area contributed by atoms with Gasteiger partial charge in [-0.15, -0.1) is 0 Å². The number of methoxy groups -OCH3 is 1. The first kappa shape index (κ1) is 19.4. The molecule has 0 bridgehead atoms. The third kappa shape index (κ3) is 6.38. The van der Waals surface area contributed by atoms with E-state index in [1.54, 1.807) is 7.11 Å². The number of ether oxygens (including phenoxy) is 1. The summed E-state index contributed by atoms with van der Waals surface area (Å²) in [6, 6.07) is 18.2. The summed E-state index contributed by atoms with van der Waals surface area (Å²) in [7, 11) is 1.67. The number of benzene rings is 2. The number of anilines is 1. The van der Waals surface area contributed by atoms with E-state index in [4.69, 9.17) is 4.74 Å². The van der Waals surface area contributed by atoms with Crippen LogP contribution in [0.25, 0.3) is 0 Å². The van der Waals surface area contributed by atoms with E-state index in [-0.39, 0.29) is 6.03 Å². The largest absolute Gasteiger partial charge is 0.380 e. The van der Waals surface area contributed by atoms with Crippen molar-refractivity contribution in [3.8, 4) is 0 Å². The smallest absolute Gasteiger partial charge is 0.319 e. The summed E-state index contributed by atoms with van der Waals surface area (Å²) in [5.74, 6) is 0.524. The number of amides is 2. The van der Waals surface area contributed by atoms with E-state index in [1.807, 2.05) is 24.3 Å². The number of rotatable bonds is 8. The minimum Gasteiger partial charge on any atom is -0.380 e. The Bertz CT molecular complexity index is 703. The Hall–Kier alpha value is -2.37. The lowest BCUT2D eigenvalue weighted by molar-refractivity contribution is 0.185. The van der Waals surface area contributed by atoms with Gasteiger partial charge in [-0.2, -0.15) is 0 Å². The first-order chi connectivity index (χ1) is 13.2. The molecule has 0 saturated carbocycles. The van der Waals surface area contributed by atoms with Crippen LogP contribution in [0, 0.1) is 5.92 Å². The third-order valence-corrected chi connectivity index (χ3v) is 5.00. The minimum absolute atomic E-state index is 0.141. The molecule has 0 spiro atoms. The number of nitrogens with zero attached hydrogens (tertiary/aromatic N) is 1. The van der Waals surface area contributed by atoms with E-state index < -0.39 is 0 Å². The SMILES string of the molecule is COCc1ccc(NC(=O)NC[C@@H]2CCN(CCc3ccccc3)C2)cc1. The van der Waals surface area contributed by atoms with Crippen LogP contribution in [0.1, 0.15) is 17.5 Å². The van der Waals surface area contributed by atoms with Gasteiger partial charge in [0.2, 0.25) is 0 Å². The molecule has 3 rings (SSSR count). The molecule has 5 nitrogen and oxygen atoms in total. The normalized spacial score (nSPS) is 17.0. The summed E-state index contributed by atoms with van der Waals surface area (Å²) < 4.78 is 5.09. The van der Waals surface area contributed by atoms with Crippen molar-refractivity contribution in [1.82, 2.24) is 10.2 Å². The van der Waals surface area contributed by atoms with Crippen LogP contribution in [0.5, 0.6) is 0 Å². The lowest BCUT2D eigenvalue weighted by atomic mass is 10.1. The maximum Gasteiger partial charge on any atom is 0.319 e. The Labute approximate surface area is 161 Å². The number of likely N-dealkylation sites (tertiary alicyclic amines) is 1. The van der Waals surface area contributed by atoms with Crippen LogP contribution in [0.2, 0.25) is 0 Å². The van der Waals surface area contributed by atoms with Gasteiger partial charge >= 0.3 is 6.03 Å². The van der Waals surface area contributed by atoms with Crippen LogP contribution in [0.15, 0.2) is 54.6 Å². The van der Waals surface area contributed by atoms with Gasteiger partial charge in [0.1, 0.15) is 0 Å². The Kier molecular flexibility index (Phi) is 7.25. The second kappa shape index (κ2) is 10.1. The van der Waals surface area contributed by atoms with Gasteiger partial charge in [-0.05, 0) is 48.6 Å². The first-order valence-electron chi connectivity index (χ1n) is 9.62. The van der Waals surface area contributed by atoms with Gasteiger partial charge in [0.15, 0.2) is 0 Å². The summed E-state index contributed by atoms with van der Waals surface area (Å²) >= 11 is 0. The minimum atomic E-state index is -0.141. The average Bonchev–Trinajstić information content (AvgIpc) is 3.15. The van der Waals surface area contributed by atoms with Crippen molar-refractivity contribution in [2.75, 3.05) is 38.6 Å². The van der Waals surface area contributed by atoms with Crippen LogP contribution in [-0.2, 0) is 17.8 Å². The maximum absolute atomic E-state index is 12.1. The highest BCUT2D eigenvalue weighted by Crippen LogP contribution is 2.16. The Morgan fingerprint density at radius 2 is 1.89 bits per heavy atom. The van der Waals surface area contributed by atoms with Crippen LogP contribution in [-0.4, -0.2) is 44.2 Å². The average molecular weight is 367 g/mol. The molecule has 5 heteroatoms. The predicted molar refractivity (Wildman–Crippen MR) is 109 cm³/mol. The van der Waals surface area contributed by atoms with Crippen molar-refractivity contribution in [2.45, 2.75) is 19.4 Å². The van der Waals surface area contributed by atoms with Gasteiger partial charge in [0.25, 0.3) is 0 Å². The number of nitrogens with one attached hydrogen (secondary N) is 2. The van der Waals surface area contributed by atoms with Crippen molar-refractivity contribution in [3.63, 3.8) is 0 Å². The van der Waals surface area contributed by atoms with Crippen molar-refractivity contribution in [1.29, 1.82) is 0 Å². The van der Waals surface area contributed by atoms with Crippen LogP contribution in [0.4, 0.5) is 10.5 Å². The first-order valence-corrected chi connectivity index (χ1v) is 9.62. The van der Waals surface area contributed by atoms with E-state index in [2.05, 4.69) is 45.9 Å². The van der Waals surface area contributed by atoms with Crippen molar-refractivity contribution in [2.24, 2.45) is 5.92 Å². The molecule has 1 fully saturated rings. The summed E-state index contributed by atoms with van der Waals surface area (Å²) in [6.07, 6.45) is 2.22. The fraction of sp³-hybridized carbons (Fsp3) is 0.409. The highest BCUT2D eigenvalue weighted by Gasteiger charge is 2.22. The standard InChI is InChI=1S/C22H29N3O2/c1-27-17-19-7-9-21(10-8-19)24-22(26)23-15-20-12-14-25(16-20)13-11-18-5-3-2-4-6-18/h2-10,20H,11-17H2,1H3,(H2,23,24,26)/t20-/m0/s1. The molecule has 0 aromatic heterocycles. The zero-order valence-corrected chi connectivity index (χ0v) is 16.0. The quantitative estimate of drug-likeness (QED) is 0.751. The van der Waals surface area contributed by atoms with Gasteiger partial charge in [0, 0.05) is 32.4 Å². The van der Waals surface area contributed by atoms with E-state index >= 15 is 0 Å². The topological polar surface area (TPSA) is 53.6 Å². The monoisotopic (exact) mass is 367 g/mol. The predicted octanol–water partition coefficient (Wildman–Crippen LogP) is 3.52. The molecule has 1 saturated heterocycles. The molecule has 1 aliphatic rings. The molecule has 2 aromatic carbocycles. The Balaban J connectivity index is 1.34. The van der Waals surface area contributed by atoms with E-state index in [1.165, 1.54) is 5.56 Å². The van der Waals surface area contributed by atoms with Crippen molar-refractivity contribution >= 4 is 11.7 Å². The van der Waals surface area contributed by atoms with Gasteiger partial charge < -0.3 is 20.3 Å². The van der Waals surface area contributed by atoms with Gasteiger partial charge in [-0.1, -0.05) is 42.5 Å². The highest BCUT2D eigenvalue weighted by atomic mass is 16.5.